The van der Waals surface area contributed by atoms with Crippen LogP contribution in [0.25, 0.3) is 11.1 Å². The van der Waals surface area contributed by atoms with E-state index in [0.717, 1.165) is 29.7 Å². The summed E-state index contributed by atoms with van der Waals surface area (Å²) in [6.45, 7) is 3.75. The highest BCUT2D eigenvalue weighted by Crippen LogP contribution is 2.31. The number of carboxylic acid groups (broad SMARTS) is 1. The molecule has 5 nitrogen and oxygen atoms in total. The Hall–Kier alpha value is -2.82. The van der Waals surface area contributed by atoms with Crippen LogP contribution < -0.4 is 4.74 Å². The molecule has 142 valence electrons. The van der Waals surface area contributed by atoms with E-state index in [9.17, 15) is 9.59 Å². The number of ether oxygens (including phenoxy) is 1. The van der Waals surface area contributed by atoms with Crippen molar-refractivity contribution in [3.63, 3.8) is 0 Å². The summed E-state index contributed by atoms with van der Waals surface area (Å²) in [5.41, 5.74) is 2.57. The standard InChI is InChI=1S/C22H25NO4/c1-2-27-20-9-4-3-8-19(20)17-6-5-7-18(15-17)22(26)23-12-10-16(11-13-23)14-21(24)25/h3-9,15-16H,2,10-14H2,1H3,(H,24,25). The van der Waals surface area contributed by atoms with Crippen molar-refractivity contribution in [1.29, 1.82) is 0 Å². The molecule has 1 saturated heterocycles. The molecule has 1 amide bonds. The first-order chi connectivity index (χ1) is 13.1. The minimum atomic E-state index is -0.763. The topological polar surface area (TPSA) is 66.8 Å². The second-order valence-corrected chi connectivity index (χ2v) is 6.84. The highest BCUT2D eigenvalue weighted by molar-refractivity contribution is 5.95. The number of amides is 1. The molecule has 2 aromatic rings. The van der Waals surface area contributed by atoms with Crippen molar-refractivity contribution >= 4 is 11.9 Å². The number of para-hydroxylation sites is 1. The predicted molar refractivity (Wildman–Crippen MR) is 104 cm³/mol. The zero-order valence-corrected chi connectivity index (χ0v) is 15.6. The van der Waals surface area contributed by atoms with E-state index in [2.05, 4.69) is 0 Å². The van der Waals surface area contributed by atoms with Gasteiger partial charge in [0.25, 0.3) is 5.91 Å². The number of rotatable bonds is 6. The maximum absolute atomic E-state index is 12.9. The molecule has 5 heteroatoms. The normalized spacial score (nSPS) is 14.8. The van der Waals surface area contributed by atoms with Crippen LogP contribution >= 0.6 is 0 Å². The molecule has 3 rings (SSSR count). The summed E-state index contributed by atoms with van der Waals surface area (Å²) in [5.74, 6) is 0.204. The Kier molecular flexibility index (Phi) is 6.12. The van der Waals surface area contributed by atoms with Gasteiger partial charge in [-0.1, -0.05) is 30.3 Å². The Balaban J connectivity index is 1.74. The second-order valence-electron chi connectivity index (χ2n) is 6.84. The van der Waals surface area contributed by atoms with Crippen LogP contribution in [-0.4, -0.2) is 41.6 Å². The van der Waals surface area contributed by atoms with Crippen LogP contribution in [0.5, 0.6) is 5.75 Å². The summed E-state index contributed by atoms with van der Waals surface area (Å²) in [5, 5.41) is 8.93. The van der Waals surface area contributed by atoms with Crippen molar-refractivity contribution in [2.45, 2.75) is 26.2 Å². The molecule has 0 atom stereocenters. The fraction of sp³-hybridized carbons (Fsp3) is 0.364. The molecule has 0 aromatic heterocycles. The maximum Gasteiger partial charge on any atom is 0.303 e. The minimum Gasteiger partial charge on any atom is -0.493 e. The fourth-order valence-electron chi connectivity index (χ4n) is 3.58. The number of carbonyl (C=O) groups excluding carboxylic acids is 1. The van der Waals surface area contributed by atoms with Crippen LogP contribution in [0.4, 0.5) is 0 Å². The molecule has 0 aliphatic carbocycles. The van der Waals surface area contributed by atoms with Gasteiger partial charge in [-0.15, -0.1) is 0 Å². The molecule has 0 radical (unpaired) electrons. The maximum atomic E-state index is 12.9. The number of carboxylic acids is 1. The average molecular weight is 367 g/mol. The van der Waals surface area contributed by atoms with E-state index in [0.29, 0.717) is 25.3 Å². The number of nitrogens with zero attached hydrogens (tertiary/aromatic N) is 1. The van der Waals surface area contributed by atoms with Gasteiger partial charge in [0.2, 0.25) is 0 Å². The van der Waals surface area contributed by atoms with Crippen molar-refractivity contribution < 1.29 is 19.4 Å². The van der Waals surface area contributed by atoms with Gasteiger partial charge in [0, 0.05) is 30.6 Å². The van der Waals surface area contributed by atoms with Gasteiger partial charge in [-0.05, 0) is 49.4 Å². The first kappa shape index (κ1) is 19.0. The fourth-order valence-corrected chi connectivity index (χ4v) is 3.58. The Morgan fingerprint density at radius 1 is 1.11 bits per heavy atom. The molecule has 0 saturated carbocycles. The number of hydrogen-bond donors (Lipinski definition) is 1. The van der Waals surface area contributed by atoms with E-state index >= 15 is 0 Å². The van der Waals surface area contributed by atoms with Crippen LogP contribution in [0.1, 0.15) is 36.5 Å². The van der Waals surface area contributed by atoms with Crippen LogP contribution in [0.2, 0.25) is 0 Å². The molecule has 1 fully saturated rings. The van der Waals surface area contributed by atoms with Crippen LogP contribution in [0.15, 0.2) is 48.5 Å². The zero-order chi connectivity index (χ0) is 19.2. The van der Waals surface area contributed by atoms with Crippen molar-refractivity contribution in [2.24, 2.45) is 5.92 Å². The smallest absolute Gasteiger partial charge is 0.303 e. The SMILES string of the molecule is CCOc1ccccc1-c1cccc(C(=O)N2CCC(CC(=O)O)CC2)c1. The summed E-state index contributed by atoms with van der Waals surface area (Å²) >= 11 is 0. The van der Waals surface area contributed by atoms with E-state index in [-0.39, 0.29) is 18.2 Å². The van der Waals surface area contributed by atoms with Gasteiger partial charge in [0.15, 0.2) is 0 Å². The van der Waals surface area contributed by atoms with Gasteiger partial charge in [-0.25, -0.2) is 0 Å². The van der Waals surface area contributed by atoms with Gasteiger partial charge in [0.1, 0.15) is 5.75 Å². The van der Waals surface area contributed by atoms with Crippen molar-refractivity contribution in [1.82, 2.24) is 4.90 Å². The molecular formula is C22H25NO4. The lowest BCUT2D eigenvalue weighted by atomic mass is 9.93. The van der Waals surface area contributed by atoms with Crippen molar-refractivity contribution in [2.75, 3.05) is 19.7 Å². The van der Waals surface area contributed by atoms with E-state index in [1.807, 2.05) is 60.4 Å². The third-order valence-electron chi connectivity index (χ3n) is 4.97. The number of carbonyl (C=O) groups is 2. The molecule has 1 aliphatic heterocycles. The molecule has 0 unspecified atom stereocenters. The Labute approximate surface area is 159 Å². The lowest BCUT2D eigenvalue weighted by molar-refractivity contribution is -0.138. The van der Waals surface area contributed by atoms with Crippen LogP contribution in [-0.2, 0) is 4.79 Å². The lowest BCUT2D eigenvalue weighted by Gasteiger charge is -2.31. The van der Waals surface area contributed by atoms with E-state index in [1.165, 1.54) is 0 Å². The summed E-state index contributed by atoms with van der Waals surface area (Å²) in [7, 11) is 0. The number of likely N-dealkylation sites (tertiary alicyclic amines) is 1. The Bertz CT molecular complexity index is 809. The Morgan fingerprint density at radius 2 is 1.85 bits per heavy atom. The average Bonchev–Trinajstić information content (AvgIpc) is 2.68. The van der Waals surface area contributed by atoms with Gasteiger partial charge in [0.05, 0.1) is 6.61 Å². The molecule has 1 heterocycles. The number of hydrogen-bond acceptors (Lipinski definition) is 3. The number of piperidine rings is 1. The summed E-state index contributed by atoms with van der Waals surface area (Å²) in [6.07, 6.45) is 1.67. The summed E-state index contributed by atoms with van der Waals surface area (Å²) in [4.78, 5) is 25.6. The third-order valence-corrected chi connectivity index (χ3v) is 4.97. The molecule has 0 bridgehead atoms. The van der Waals surface area contributed by atoms with Crippen molar-refractivity contribution in [3.05, 3.63) is 54.1 Å². The van der Waals surface area contributed by atoms with Gasteiger partial charge in [-0.2, -0.15) is 0 Å². The third kappa shape index (κ3) is 4.67. The molecule has 27 heavy (non-hydrogen) atoms. The highest BCUT2D eigenvalue weighted by atomic mass is 16.5. The monoisotopic (exact) mass is 367 g/mol. The first-order valence-corrected chi connectivity index (χ1v) is 9.41. The molecule has 1 aliphatic rings. The van der Waals surface area contributed by atoms with Gasteiger partial charge in [-0.3, -0.25) is 9.59 Å². The molecule has 2 aromatic carbocycles. The second kappa shape index (κ2) is 8.71. The number of benzene rings is 2. The van der Waals surface area contributed by atoms with Crippen LogP contribution in [0, 0.1) is 5.92 Å². The van der Waals surface area contributed by atoms with Gasteiger partial charge < -0.3 is 14.7 Å². The summed E-state index contributed by atoms with van der Waals surface area (Å²) in [6, 6.07) is 15.4. The predicted octanol–water partition coefficient (Wildman–Crippen LogP) is 4.08. The Morgan fingerprint density at radius 3 is 2.56 bits per heavy atom. The van der Waals surface area contributed by atoms with Gasteiger partial charge >= 0.3 is 5.97 Å². The highest BCUT2D eigenvalue weighted by Gasteiger charge is 2.25. The van der Waals surface area contributed by atoms with E-state index in [1.54, 1.807) is 0 Å². The number of aliphatic carboxylic acids is 1. The largest absolute Gasteiger partial charge is 0.493 e. The van der Waals surface area contributed by atoms with Crippen molar-refractivity contribution in [3.8, 4) is 16.9 Å². The minimum absolute atomic E-state index is 0.000448. The quantitative estimate of drug-likeness (QED) is 0.835. The molecule has 0 spiro atoms. The van der Waals surface area contributed by atoms with E-state index < -0.39 is 5.97 Å². The van der Waals surface area contributed by atoms with E-state index in [4.69, 9.17) is 9.84 Å². The zero-order valence-electron chi connectivity index (χ0n) is 15.6. The van der Waals surface area contributed by atoms with Crippen LogP contribution in [0.3, 0.4) is 0 Å². The molecule has 1 N–H and O–H groups in total. The first-order valence-electron chi connectivity index (χ1n) is 9.41. The lowest BCUT2D eigenvalue weighted by Crippen LogP contribution is -2.38. The summed E-state index contributed by atoms with van der Waals surface area (Å²) < 4.78 is 5.71. The molecular weight excluding hydrogens is 342 g/mol.